The molecule has 1 saturated heterocycles. The van der Waals surface area contributed by atoms with Gasteiger partial charge in [0.2, 0.25) is 0 Å². The molecule has 2 aromatic rings. The van der Waals surface area contributed by atoms with Gasteiger partial charge < -0.3 is 19.7 Å². The van der Waals surface area contributed by atoms with Gasteiger partial charge in [0.1, 0.15) is 0 Å². The number of methoxy groups -OCH3 is 1. The van der Waals surface area contributed by atoms with Crippen molar-refractivity contribution in [2.75, 3.05) is 33.4 Å². The Bertz CT molecular complexity index is 813. The number of hydrogen-bond acceptors (Lipinski definition) is 4. The number of ether oxygens (including phenoxy) is 2. The van der Waals surface area contributed by atoms with Gasteiger partial charge in [0.15, 0.2) is 11.5 Å². The van der Waals surface area contributed by atoms with Crippen LogP contribution in [0.3, 0.4) is 0 Å². The van der Waals surface area contributed by atoms with Crippen molar-refractivity contribution >= 4 is 5.91 Å². The van der Waals surface area contributed by atoms with Gasteiger partial charge in [0.25, 0.3) is 5.91 Å². The quantitative estimate of drug-likeness (QED) is 0.884. The Kier molecular flexibility index (Phi) is 5.81. The van der Waals surface area contributed by atoms with Crippen LogP contribution >= 0.6 is 0 Å². The first kappa shape index (κ1) is 18.8. The highest BCUT2D eigenvalue weighted by atomic mass is 16.5. The molecule has 2 aliphatic heterocycles. The largest absolute Gasteiger partial charge is 0.493 e. The summed E-state index contributed by atoms with van der Waals surface area (Å²) < 4.78 is 11.3. The second-order valence-electron chi connectivity index (χ2n) is 7.54. The van der Waals surface area contributed by atoms with Gasteiger partial charge in [-0.3, -0.25) is 4.79 Å². The number of para-hydroxylation sites is 1. The maximum absolute atomic E-state index is 13.2. The molecule has 0 aliphatic carbocycles. The number of carbonyl (C=O) groups is 1. The first-order chi connectivity index (χ1) is 13.8. The molecule has 0 spiro atoms. The molecule has 1 unspecified atom stereocenters. The SMILES string of the molecule is COc1cccc2c1OCCCN(C(=O)c1ccc(C3CCCNC3)cc1)C2. The highest BCUT2D eigenvalue weighted by molar-refractivity contribution is 5.94. The fourth-order valence-corrected chi connectivity index (χ4v) is 4.11. The first-order valence-corrected chi connectivity index (χ1v) is 10.1. The standard InChI is InChI=1S/C23H28N2O3/c1-27-21-7-2-5-20-16-25(13-4-14-28-22(20)21)23(26)18-10-8-17(9-11-18)19-6-3-12-24-15-19/h2,5,7-11,19,24H,3-4,6,12-16H2,1H3. The fraction of sp³-hybridized carbons (Fsp3) is 0.435. The Labute approximate surface area is 166 Å². The summed E-state index contributed by atoms with van der Waals surface area (Å²) >= 11 is 0. The average Bonchev–Trinajstić information content (AvgIpc) is 2.74. The lowest BCUT2D eigenvalue weighted by Crippen LogP contribution is -2.33. The third kappa shape index (κ3) is 3.99. The molecule has 5 heteroatoms. The lowest BCUT2D eigenvalue weighted by Gasteiger charge is -2.28. The van der Waals surface area contributed by atoms with E-state index in [2.05, 4.69) is 17.4 Å². The number of benzene rings is 2. The second kappa shape index (κ2) is 8.65. The molecule has 1 atom stereocenters. The van der Waals surface area contributed by atoms with Crippen molar-refractivity contribution in [3.8, 4) is 11.5 Å². The van der Waals surface area contributed by atoms with Crippen LogP contribution in [0.2, 0.25) is 0 Å². The van der Waals surface area contributed by atoms with Crippen LogP contribution in [0, 0.1) is 0 Å². The molecule has 1 amide bonds. The van der Waals surface area contributed by atoms with E-state index in [9.17, 15) is 4.79 Å². The fourth-order valence-electron chi connectivity index (χ4n) is 4.11. The van der Waals surface area contributed by atoms with Crippen LogP contribution in [0.25, 0.3) is 0 Å². The summed E-state index contributed by atoms with van der Waals surface area (Å²) in [5.74, 6) is 2.10. The molecule has 4 rings (SSSR count). The molecule has 0 bridgehead atoms. The van der Waals surface area contributed by atoms with Crippen LogP contribution in [0.5, 0.6) is 11.5 Å². The number of piperidine rings is 1. The topological polar surface area (TPSA) is 50.8 Å². The Hall–Kier alpha value is -2.53. The molecule has 2 aromatic carbocycles. The van der Waals surface area contributed by atoms with E-state index < -0.39 is 0 Å². The van der Waals surface area contributed by atoms with Crippen LogP contribution in [0.1, 0.15) is 46.7 Å². The van der Waals surface area contributed by atoms with Crippen LogP contribution in [-0.4, -0.2) is 44.2 Å². The van der Waals surface area contributed by atoms with E-state index in [1.165, 1.54) is 18.4 Å². The molecule has 0 radical (unpaired) electrons. The average molecular weight is 380 g/mol. The van der Waals surface area contributed by atoms with Crippen molar-refractivity contribution < 1.29 is 14.3 Å². The summed E-state index contributed by atoms with van der Waals surface area (Å²) in [7, 11) is 1.64. The van der Waals surface area contributed by atoms with E-state index in [-0.39, 0.29) is 5.91 Å². The smallest absolute Gasteiger partial charge is 0.254 e. The molecular weight excluding hydrogens is 352 g/mol. The van der Waals surface area contributed by atoms with Gasteiger partial charge in [-0.25, -0.2) is 0 Å². The number of fused-ring (bicyclic) bond motifs is 1. The second-order valence-corrected chi connectivity index (χ2v) is 7.54. The third-order valence-corrected chi connectivity index (χ3v) is 5.67. The highest BCUT2D eigenvalue weighted by Crippen LogP contribution is 2.33. The van der Waals surface area contributed by atoms with E-state index in [1.807, 2.05) is 35.2 Å². The molecule has 0 saturated carbocycles. The summed E-state index contributed by atoms with van der Waals surface area (Å²) in [5, 5.41) is 3.46. The third-order valence-electron chi connectivity index (χ3n) is 5.67. The number of carbonyl (C=O) groups excluding carboxylic acids is 1. The Balaban J connectivity index is 1.52. The zero-order valence-electron chi connectivity index (χ0n) is 16.4. The minimum absolute atomic E-state index is 0.0731. The lowest BCUT2D eigenvalue weighted by atomic mass is 9.91. The summed E-state index contributed by atoms with van der Waals surface area (Å²) in [6, 6.07) is 14.0. The zero-order chi connectivity index (χ0) is 19.3. The predicted octanol–water partition coefficient (Wildman–Crippen LogP) is 3.59. The molecule has 28 heavy (non-hydrogen) atoms. The monoisotopic (exact) mass is 380 g/mol. The summed E-state index contributed by atoms with van der Waals surface area (Å²) in [4.78, 5) is 15.1. The first-order valence-electron chi connectivity index (χ1n) is 10.1. The van der Waals surface area contributed by atoms with Gasteiger partial charge >= 0.3 is 0 Å². The van der Waals surface area contributed by atoms with Gasteiger partial charge in [0.05, 0.1) is 13.7 Å². The predicted molar refractivity (Wildman–Crippen MR) is 109 cm³/mol. The number of hydrogen-bond donors (Lipinski definition) is 1. The number of amides is 1. The molecule has 2 heterocycles. The summed E-state index contributed by atoms with van der Waals surface area (Å²) in [5.41, 5.74) is 3.05. The molecule has 1 fully saturated rings. The minimum atomic E-state index is 0.0731. The molecule has 2 aliphatic rings. The van der Waals surface area contributed by atoms with Crippen LogP contribution in [0.15, 0.2) is 42.5 Å². The lowest BCUT2D eigenvalue weighted by molar-refractivity contribution is 0.0721. The Morgan fingerprint density at radius 1 is 1.18 bits per heavy atom. The molecule has 0 aromatic heterocycles. The zero-order valence-corrected chi connectivity index (χ0v) is 16.4. The molecular formula is C23H28N2O3. The van der Waals surface area contributed by atoms with Crippen molar-refractivity contribution in [2.45, 2.75) is 31.7 Å². The van der Waals surface area contributed by atoms with E-state index in [0.717, 1.165) is 42.1 Å². The maximum Gasteiger partial charge on any atom is 0.254 e. The van der Waals surface area contributed by atoms with Crippen molar-refractivity contribution in [2.24, 2.45) is 0 Å². The molecule has 5 nitrogen and oxygen atoms in total. The van der Waals surface area contributed by atoms with Crippen molar-refractivity contribution in [1.29, 1.82) is 0 Å². The van der Waals surface area contributed by atoms with Crippen LogP contribution in [-0.2, 0) is 6.54 Å². The van der Waals surface area contributed by atoms with E-state index >= 15 is 0 Å². The summed E-state index contributed by atoms with van der Waals surface area (Å²) in [6.07, 6.45) is 3.23. The molecule has 148 valence electrons. The normalized spacial score (nSPS) is 19.8. The van der Waals surface area contributed by atoms with Crippen LogP contribution in [0.4, 0.5) is 0 Å². The van der Waals surface area contributed by atoms with Gasteiger partial charge in [-0.05, 0) is 55.5 Å². The van der Waals surface area contributed by atoms with Gasteiger partial charge in [-0.1, -0.05) is 24.3 Å². The van der Waals surface area contributed by atoms with Crippen molar-refractivity contribution in [3.05, 3.63) is 59.2 Å². The molecule has 1 N–H and O–H groups in total. The maximum atomic E-state index is 13.2. The van der Waals surface area contributed by atoms with E-state index in [0.29, 0.717) is 25.6 Å². The van der Waals surface area contributed by atoms with Crippen molar-refractivity contribution in [1.82, 2.24) is 10.2 Å². The Morgan fingerprint density at radius 3 is 2.79 bits per heavy atom. The number of nitrogens with one attached hydrogen (secondary N) is 1. The van der Waals surface area contributed by atoms with Gasteiger partial charge in [-0.2, -0.15) is 0 Å². The highest BCUT2D eigenvalue weighted by Gasteiger charge is 2.22. The minimum Gasteiger partial charge on any atom is -0.493 e. The van der Waals surface area contributed by atoms with Gasteiger partial charge in [0, 0.05) is 30.8 Å². The number of nitrogens with zero attached hydrogens (tertiary/aromatic N) is 1. The Morgan fingerprint density at radius 2 is 2.04 bits per heavy atom. The van der Waals surface area contributed by atoms with E-state index in [4.69, 9.17) is 9.47 Å². The van der Waals surface area contributed by atoms with E-state index in [1.54, 1.807) is 7.11 Å². The van der Waals surface area contributed by atoms with Gasteiger partial charge in [-0.15, -0.1) is 0 Å². The summed E-state index contributed by atoms with van der Waals surface area (Å²) in [6.45, 7) is 3.92. The number of rotatable bonds is 3. The van der Waals surface area contributed by atoms with Crippen molar-refractivity contribution in [3.63, 3.8) is 0 Å². The van der Waals surface area contributed by atoms with Crippen LogP contribution < -0.4 is 14.8 Å².